The molecule has 4 nitrogen and oxygen atoms in total. The van der Waals surface area contributed by atoms with Crippen LogP contribution in [0.5, 0.6) is 0 Å². The Bertz CT molecular complexity index is 209. The van der Waals surface area contributed by atoms with Crippen molar-refractivity contribution in [1.82, 2.24) is 5.32 Å². The fraction of sp³-hybridized carbons (Fsp3) is 0.923. The summed E-state index contributed by atoms with van der Waals surface area (Å²) in [6.07, 6.45) is 1.32. The number of hydrogen-bond acceptors (Lipinski definition) is 3. The van der Waals surface area contributed by atoms with Gasteiger partial charge in [-0.15, -0.1) is 0 Å². The van der Waals surface area contributed by atoms with Gasteiger partial charge in [0.25, 0.3) is 0 Å². The Morgan fingerprint density at radius 2 is 1.94 bits per heavy atom. The van der Waals surface area contributed by atoms with E-state index in [2.05, 4.69) is 33.0 Å². The smallest absolute Gasteiger partial charge is 0.407 e. The number of ether oxygens (including phenoxy) is 1. The second-order valence-corrected chi connectivity index (χ2v) is 4.82. The van der Waals surface area contributed by atoms with Gasteiger partial charge in [0.15, 0.2) is 0 Å². The zero-order chi connectivity index (χ0) is 13.3. The van der Waals surface area contributed by atoms with Crippen molar-refractivity contribution in [3.8, 4) is 0 Å². The van der Waals surface area contributed by atoms with Gasteiger partial charge in [-0.1, -0.05) is 34.1 Å². The molecule has 0 rings (SSSR count). The van der Waals surface area contributed by atoms with Crippen LogP contribution < -0.4 is 5.32 Å². The molecule has 0 bridgehead atoms. The molecule has 0 aromatic rings. The molecule has 0 saturated heterocycles. The van der Waals surface area contributed by atoms with Crippen molar-refractivity contribution in [2.45, 2.75) is 40.5 Å². The molecule has 0 saturated carbocycles. The van der Waals surface area contributed by atoms with E-state index in [1.165, 1.54) is 0 Å². The predicted octanol–water partition coefficient (Wildman–Crippen LogP) is 2.41. The average Bonchev–Trinajstić information content (AvgIpc) is 2.34. The normalized spacial score (nSPS) is 16.1. The highest BCUT2D eigenvalue weighted by Gasteiger charge is 2.19. The number of hydrogen-bond donors (Lipinski definition) is 2. The Morgan fingerprint density at radius 3 is 2.47 bits per heavy atom. The fourth-order valence-electron chi connectivity index (χ4n) is 1.61. The van der Waals surface area contributed by atoms with Crippen LogP contribution in [0.25, 0.3) is 0 Å². The van der Waals surface area contributed by atoms with E-state index in [1.807, 2.05) is 0 Å². The lowest BCUT2D eigenvalue weighted by molar-refractivity contribution is 0.106. The summed E-state index contributed by atoms with van der Waals surface area (Å²) in [5, 5.41) is 11.2. The van der Waals surface area contributed by atoms with E-state index in [4.69, 9.17) is 9.84 Å². The quantitative estimate of drug-likeness (QED) is 0.646. The van der Waals surface area contributed by atoms with E-state index >= 15 is 0 Å². The lowest BCUT2D eigenvalue weighted by atomic mass is 9.84. The molecule has 0 aromatic heterocycles. The van der Waals surface area contributed by atoms with Crippen LogP contribution in [0.4, 0.5) is 4.79 Å². The van der Waals surface area contributed by atoms with E-state index in [1.54, 1.807) is 0 Å². The molecule has 3 unspecified atom stereocenters. The lowest BCUT2D eigenvalue weighted by Gasteiger charge is -2.24. The van der Waals surface area contributed by atoms with Gasteiger partial charge < -0.3 is 15.2 Å². The minimum absolute atomic E-state index is 0.0851. The van der Waals surface area contributed by atoms with Crippen LogP contribution in [0, 0.1) is 17.8 Å². The molecule has 4 heteroatoms. The Labute approximate surface area is 105 Å². The first-order valence-electron chi connectivity index (χ1n) is 6.54. The van der Waals surface area contributed by atoms with Crippen molar-refractivity contribution in [1.29, 1.82) is 0 Å². The molecule has 0 aromatic carbocycles. The minimum Gasteiger partial charge on any atom is -0.449 e. The molecule has 0 aliphatic rings. The van der Waals surface area contributed by atoms with Gasteiger partial charge in [0.1, 0.15) is 0 Å². The summed E-state index contributed by atoms with van der Waals surface area (Å²) in [7, 11) is 0. The maximum absolute atomic E-state index is 11.3. The summed E-state index contributed by atoms with van der Waals surface area (Å²) in [5.41, 5.74) is 0. The number of amides is 1. The SMILES string of the molecule is CCC(C)C(C)C(C)COC(=O)NCCCO. The third-order valence-electron chi connectivity index (χ3n) is 3.52. The zero-order valence-corrected chi connectivity index (χ0v) is 11.5. The van der Waals surface area contributed by atoms with E-state index < -0.39 is 0 Å². The molecule has 0 radical (unpaired) electrons. The summed E-state index contributed by atoms with van der Waals surface area (Å²) in [4.78, 5) is 11.3. The summed E-state index contributed by atoms with van der Waals surface area (Å²) in [6.45, 7) is 9.71. The molecule has 3 atom stereocenters. The number of nitrogens with one attached hydrogen (secondary N) is 1. The van der Waals surface area contributed by atoms with Crippen LogP contribution in [0.15, 0.2) is 0 Å². The van der Waals surface area contributed by atoms with Crippen LogP contribution in [0.2, 0.25) is 0 Å². The number of carbonyl (C=O) groups excluding carboxylic acids is 1. The molecular formula is C13H27NO3. The number of carbonyl (C=O) groups is 1. The highest BCUT2D eigenvalue weighted by molar-refractivity contribution is 5.66. The summed E-state index contributed by atoms with van der Waals surface area (Å²) >= 11 is 0. The summed E-state index contributed by atoms with van der Waals surface area (Å²) < 4.78 is 5.13. The number of aliphatic hydroxyl groups is 1. The molecule has 0 fully saturated rings. The standard InChI is InChI=1S/C13H27NO3/c1-5-10(2)12(4)11(3)9-17-13(16)14-7-6-8-15/h10-12,15H,5-9H2,1-4H3,(H,14,16). The van der Waals surface area contributed by atoms with Crippen LogP contribution in [-0.2, 0) is 4.74 Å². The molecule has 0 aliphatic carbocycles. The molecule has 0 aliphatic heterocycles. The molecule has 2 N–H and O–H groups in total. The molecule has 0 heterocycles. The van der Waals surface area contributed by atoms with Crippen LogP contribution in [-0.4, -0.2) is 31.0 Å². The topological polar surface area (TPSA) is 58.6 Å². The second-order valence-electron chi connectivity index (χ2n) is 4.82. The summed E-state index contributed by atoms with van der Waals surface area (Å²) in [6, 6.07) is 0. The highest BCUT2D eigenvalue weighted by atomic mass is 16.5. The number of rotatable bonds is 8. The van der Waals surface area contributed by atoms with Gasteiger partial charge in [-0.2, -0.15) is 0 Å². The molecule has 0 spiro atoms. The van der Waals surface area contributed by atoms with Gasteiger partial charge >= 0.3 is 6.09 Å². The minimum atomic E-state index is -0.387. The third kappa shape index (κ3) is 7.21. The van der Waals surface area contributed by atoms with Crippen LogP contribution >= 0.6 is 0 Å². The van der Waals surface area contributed by atoms with Gasteiger partial charge in [0.2, 0.25) is 0 Å². The first-order chi connectivity index (χ1) is 8.02. The first-order valence-corrected chi connectivity index (χ1v) is 6.54. The Kier molecular flexibility index (Phi) is 8.86. The second kappa shape index (κ2) is 9.28. The van der Waals surface area contributed by atoms with Crippen molar-refractivity contribution < 1.29 is 14.6 Å². The van der Waals surface area contributed by atoms with Gasteiger partial charge in [0.05, 0.1) is 6.61 Å². The molecule has 102 valence electrons. The monoisotopic (exact) mass is 245 g/mol. The van der Waals surface area contributed by atoms with Gasteiger partial charge in [-0.3, -0.25) is 0 Å². The summed E-state index contributed by atoms with van der Waals surface area (Å²) in [5.74, 6) is 1.56. The fourth-order valence-corrected chi connectivity index (χ4v) is 1.61. The van der Waals surface area contributed by atoms with Gasteiger partial charge in [-0.25, -0.2) is 4.79 Å². The van der Waals surface area contributed by atoms with E-state index in [0.29, 0.717) is 37.3 Å². The van der Waals surface area contributed by atoms with Crippen molar-refractivity contribution in [2.75, 3.05) is 19.8 Å². The van der Waals surface area contributed by atoms with Gasteiger partial charge in [0, 0.05) is 13.2 Å². The van der Waals surface area contributed by atoms with Gasteiger partial charge in [-0.05, 0) is 24.2 Å². The largest absolute Gasteiger partial charge is 0.449 e. The van der Waals surface area contributed by atoms with Crippen molar-refractivity contribution in [3.05, 3.63) is 0 Å². The van der Waals surface area contributed by atoms with Crippen molar-refractivity contribution in [3.63, 3.8) is 0 Å². The Hall–Kier alpha value is -0.770. The molecular weight excluding hydrogens is 218 g/mol. The Balaban J connectivity index is 3.75. The van der Waals surface area contributed by atoms with E-state index in [0.717, 1.165) is 6.42 Å². The van der Waals surface area contributed by atoms with E-state index in [-0.39, 0.29) is 12.7 Å². The number of aliphatic hydroxyl groups excluding tert-OH is 1. The number of alkyl carbamates (subject to hydrolysis) is 1. The molecule has 17 heavy (non-hydrogen) atoms. The first kappa shape index (κ1) is 16.2. The zero-order valence-electron chi connectivity index (χ0n) is 11.5. The van der Waals surface area contributed by atoms with Crippen LogP contribution in [0.1, 0.15) is 40.5 Å². The van der Waals surface area contributed by atoms with Crippen LogP contribution in [0.3, 0.4) is 0 Å². The molecule has 1 amide bonds. The third-order valence-corrected chi connectivity index (χ3v) is 3.52. The van der Waals surface area contributed by atoms with Crippen molar-refractivity contribution in [2.24, 2.45) is 17.8 Å². The lowest BCUT2D eigenvalue weighted by Crippen LogP contribution is -2.29. The average molecular weight is 245 g/mol. The Morgan fingerprint density at radius 1 is 1.29 bits per heavy atom. The predicted molar refractivity (Wildman–Crippen MR) is 68.8 cm³/mol. The highest BCUT2D eigenvalue weighted by Crippen LogP contribution is 2.23. The van der Waals surface area contributed by atoms with Crippen molar-refractivity contribution >= 4 is 6.09 Å². The maximum atomic E-state index is 11.3. The maximum Gasteiger partial charge on any atom is 0.407 e. The van der Waals surface area contributed by atoms with E-state index in [9.17, 15) is 4.79 Å².